The number of hydrogen-bond acceptors (Lipinski definition) is 5. The van der Waals surface area contributed by atoms with E-state index in [1.807, 2.05) is 19.1 Å². The average Bonchev–Trinajstić information content (AvgIpc) is 2.51. The van der Waals surface area contributed by atoms with E-state index in [2.05, 4.69) is 15.9 Å². The van der Waals surface area contributed by atoms with Gasteiger partial charge in [-0.2, -0.15) is 0 Å². The maximum atomic E-state index is 11.5. The Morgan fingerprint density at radius 2 is 2.16 bits per heavy atom. The Morgan fingerprint density at radius 3 is 2.68 bits per heavy atom. The van der Waals surface area contributed by atoms with E-state index >= 15 is 0 Å². The highest BCUT2D eigenvalue weighted by Gasteiger charge is 2.38. The molecule has 2 unspecified atom stereocenters. The largest absolute Gasteiger partial charge is 0.486 e. The van der Waals surface area contributed by atoms with Crippen LogP contribution in [0, 0.1) is 0 Å². The minimum Gasteiger partial charge on any atom is -0.486 e. The normalized spacial score (nSPS) is 27.2. The molecule has 106 valence electrons. The lowest BCUT2D eigenvalue weighted by atomic mass is 10.1. The van der Waals surface area contributed by atoms with Gasteiger partial charge in [0.05, 0.1) is 11.5 Å². The first kappa shape index (κ1) is 14.8. The zero-order valence-electron chi connectivity index (χ0n) is 10.4. The molecule has 3 atom stereocenters. The van der Waals surface area contributed by atoms with Crippen LogP contribution < -0.4 is 10.5 Å². The Kier molecular flexibility index (Phi) is 4.20. The summed E-state index contributed by atoms with van der Waals surface area (Å²) in [6, 6.07) is 5.15. The smallest absolute Gasteiger partial charge is 0.156 e. The number of sulfone groups is 1. The molecule has 1 saturated heterocycles. The zero-order valence-corrected chi connectivity index (χ0v) is 12.8. The molecule has 0 bridgehead atoms. The van der Waals surface area contributed by atoms with Crippen LogP contribution in [-0.4, -0.2) is 37.2 Å². The van der Waals surface area contributed by atoms with Crippen molar-refractivity contribution in [2.45, 2.75) is 25.2 Å². The van der Waals surface area contributed by atoms with Crippen LogP contribution >= 0.6 is 15.9 Å². The molecule has 7 heteroatoms. The first-order chi connectivity index (χ1) is 8.78. The lowest BCUT2D eigenvalue weighted by Gasteiger charge is -2.20. The molecule has 1 aliphatic heterocycles. The van der Waals surface area contributed by atoms with Crippen molar-refractivity contribution in [3.63, 3.8) is 0 Å². The van der Waals surface area contributed by atoms with E-state index in [1.54, 1.807) is 6.07 Å². The quantitative estimate of drug-likeness (QED) is 0.849. The molecular weight excluding hydrogens is 334 g/mol. The Hall–Kier alpha value is -0.630. The van der Waals surface area contributed by atoms with Crippen LogP contribution in [0.4, 0.5) is 0 Å². The van der Waals surface area contributed by atoms with Gasteiger partial charge in [0, 0.05) is 16.1 Å². The van der Waals surface area contributed by atoms with E-state index in [1.165, 1.54) is 0 Å². The Balaban J connectivity index is 2.26. The Morgan fingerprint density at radius 1 is 1.47 bits per heavy atom. The number of benzene rings is 1. The lowest BCUT2D eigenvalue weighted by Crippen LogP contribution is -2.30. The molecule has 0 radical (unpaired) electrons. The summed E-state index contributed by atoms with van der Waals surface area (Å²) >= 11 is 3.33. The van der Waals surface area contributed by atoms with Crippen LogP contribution in [0.15, 0.2) is 22.7 Å². The third-order valence-corrected chi connectivity index (χ3v) is 5.20. The molecule has 0 spiro atoms. The molecule has 1 aromatic carbocycles. The van der Waals surface area contributed by atoms with Crippen molar-refractivity contribution in [2.24, 2.45) is 5.73 Å². The summed E-state index contributed by atoms with van der Waals surface area (Å²) in [6.07, 6.45) is -1.73. The summed E-state index contributed by atoms with van der Waals surface area (Å²) in [6.45, 7) is 1.82. The minimum absolute atomic E-state index is 0.168. The molecular formula is C12H16BrNO4S. The van der Waals surface area contributed by atoms with E-state index in [0.29, 0.717) is 5.75 Å². The molecule has 0 aliphatic carbocycles. The summed E-state index contributed by atoms with van der Waals surface area (Å²) in [5.41, 5.74) is 6.63. The fourth-order valence-electron chi connectivity index (χ4n) is 2.06. The van der Waals surface area contributed by atoms with Crippen molar-refractivity contribution >= 4 is 25.8 Å². The van der Waals surface area contributed by atoms with Crippen LogP contribution in [0.1, 0.15) is 18.5 Å². The lowest BCUT2D eigenvalue weighted by molar-refractivity contribution is 0.0729. The van der Waals surface area contributed by atoms with Crippen molar-refractivity contribution in [3.05, 3.63) is 28.2 Å². The van der Waals surface area contributed by atoms with Gasteiger partial charge in [0.15, 0.2) is 9.84 Å². The number of aliphatic hydroxyl groups excluding tert-OH is 1. The second-order valence-corrected chi connectivity index (χ2v) is 7.84. The summed E-state index contributed by atoms with van der Waals surface area (Å²) in [4.78, 5) is 0. The van der Waals surface area contributed by atoms with Gasteiger partial charge in [0.25, 0.3) is 0 Å². The topological polar surface area (TPSA) is 89.6 Å². The monoisotopic (exact) mass is 349 g/mol. The predicted octanol–water partition coefficient (Wildman–Crippen LogP) is 1.01. The number of halogens is 1. The van der Waals surface area contributed by atoms with Crippen LogP contribution in [-0.2, 0) is 9.84 Å². The SMILES string of the molecule is C[C@@H](N)c1ccc(Br)cc1OC1CS(=O)(=O)CC1O. The van der Waals surface area contributed by atoms with Crippen molar-refractivity contribution < 1.29 is 18.3 Å². The third-order valence-electron chi connectivity index (χ3n) is 3.02. The number of aliphatic hydroxyl groups is 1. The number of hydrogen-bond donors (Lipinski definition) is 2. The highest BCUT2D eigenvalue weighted by molar-refractivity contribution is 9.10. The standard InChI is InChI=1S/C12H16BrNO4S/c1-7(14)9-3-2-8(13)4-11(9)18-12-6-19(16,17)5-10(12)15/h2-4,7,10,12,15H,5-6,14H2,1H3/t7-,10?,12?/m1/s1. The van der Waals surface area contributed by atoms with Crippen LogP contribution in [0.25, 0.3) is 0 Å². The summed E-state index contributed by atoms with van der Waals surface area (Å²) < 4.78 is 29.4. The zero-order chi connectivity index (χ0) is 14.2. The summed E-state index contributed by atoms with van der Waals surface area (Å²) in [5, 5.41) is 9.74. The maximum Gasteiger partial charge on any atom is 0.156 e. The summed E-state index contributed by atoms with van der Waals surface area (Å²) in [5.74, 6) is 0.0867. The fraction of sp³-hybridized carbons (Fsp3) is 0.500. The van der Waals surface area contributed by atoms with Gasteiger partial charge in [-0.05, 0) is 19.1 Å². The molecule has 0 aromatic heterocycles. The highest BCUT2D eigenvalue weighted by Crippen LogP contribution is 2.30. The third kappa shape index (κ3) is 3.47. The van der Waals surface area contributed by atoms with E-state index < -0.39 is 22.0 Å². The van der Waals surface area contributed by atoms with E-state index in [9.17, 15) is 13.5 Å². The van der Waals surface area contributed by atoms with Crippen LogP contribution in [0.5, 0.6) is 5.75 Å². The molecule has 1 heterocycles. The molecule has 5 nitrogen and oxygen atoms in total. The van der Waals surface area contributed by atoms with Crippen molar-refractivity contribution in [3.8, 4) is 5.75 Å². The predicted molar refractivity (Wildman–Crippen MR) is 75.8 cm³/mol. The number of ether oxygens (including phenoxy) is 1. The van der Waals surface area contributed by atoms with Gasteiger partial charge in [-0.25, -0.2) is 8.42 Å². The molecule has 2 rings (SSSR count). The van der Waals surface area contributed by atoms with Gasteiger partial charge in [-0.1, -0.05) is 22.0 Å². The van der Waals surface area contributed by atoms with Gasteiger partial charge in [-0.15, -0.1) is 0 Å². The Bertz CT molecular complexity index is 573. The minimum atomic E-state index is -3.23. The van der Waals surface area contributed by atoms with Crippen LogP contribution in [0.2, 0.25) is 0 Å². The first-order valence-electron chi connectivity index (χ1n) is 5.88. The van der Waals surface area contributed by atoms with E-state index in [-0.39, 0.29) is 17.5 Å². The van der Waals surface area contributed by atoms with Crippen molar-refractivity contribution in [2.75, 3.05) is 11.5 Å². The second kappa shape index (κ2) is 5.40. The maximum absolute atomic E-state index is 11.5. The molecule has 0 amide bonds. The molecule has 1 aliphatic rings. The number of rotatable bonds is 3. The van der Waals surface area contributed by atoms with Crippen LogP contribution in [0.3, 0.4) is 0 Å². The van der Waals surface area contributed by atoms with Gasteiger partial charge in [0.2, 0.25) is 0 Å². The van der Waals surface area contributed by atoms with E-state index in [4.69, 9.17) is 10.5 Å². The van der Waals surface area contributed by atoms with Gasteiger partial charge < -0.3 is 15.6 Å². The molecule has 1 fully saturated rings. The van der Waals surface area contributed by atoms with Crippen molar-refractivity contribution in [1.29, 1.82) is 0 Å². The van der Waals surface area contributed by atoms with Gasteiger partial charge in [0.1, 0.15) is 18.0 Å². The molecule has 1 aromatic rings. The highest BCUT2D eigenvalue weighted by atomic mass is 79.9. The fourth-order valence-corrected chi connectivity index (χ4v) is 4.06. The molecule has 0 saturated carbocycles. The molecule has 3 N–H and O–H groups in total. The van der Waals surface area contributed by atoms with E-state index in [0.717, 1.165) is 10.0 Å². The Labute approximate surface area is 120 Å². The molecule has 19 heavy (non-hydrogen) atoms. The summed E-state index contributed by atoms with van der Waals surface area (Å²) in [7, 11) is -3.23. The van der Waals surface area contributed by atoms with Gasteiger partial charge >= 0.3 is 0 Å². The average molecular weight is 350 g/mol. The second-order valence-electron chi connectivity index (χ2n) is 4.77. The number of nitrogens with two attached hydrogens (primary N) is 1. The van der Waals surface area contributed by atoms with Crippen molar-refractivity contribution in [1.82, 2.24) is 0 Å². The first-order valence-corrected chi connectivity index (χ1v) is 8.50. The van der Waals surface area contributed by atoms with Gasteiger partial charge in [-0.3, -0.25) is 0 Å².